The number of nitrogens with one attached hydrogen (secondary N) is 1. The summed E-state index contributed by atoms with van der Waals surface area (Å²) in [6.07, 6.45) is 0. The fourth-order valence-corrected chi connectivity index (χ4v) is 4.51. The average Bonchev–Trinajstić information content (AvgIpc) is 2.74. The number of sulfonamides is 1. The van der Waals surface area contributed by atoms with Gasteiger partial charge in [0.05, 0.1) is 10.9 Å². The van der Waals surface area contributed by atoms with Crippen LogP contribution in [0.15, 0.2) is 102 Å². The van der Waals surface area contributed by atoms with Crippen LogP contribution in [0.2, 0.25) is 0 Å². The molecular formula is C23H19NO3S. The topological polar surface area (TPSA) is 66.4 Å². The van der Waals surface area contributed by atoms with Crippen LogP contribution < -0.4 is 4.72 Å². The molecule has 0 aliphatic carbocycles. The molecule has 0 radical (unpaired) electrons. The van der Waals surface area contributed by atoms with Crippen LogP contribution >= 0.6 is 0 Å². The number of hydrogen-bond donors (Lipinski definition) is 2. The minimum atomic E-state index is -3.79. The van der Waals surface area contributed by atoms with Crippen molar-refractivity contribution in [3.8, 4) is 5.75 Å². The van der Waals surface area contributed by atoms with Crippen molar-refractivity contribution in [1.82, 2.24) is 4.72 Å². The number of phenolic OH excluding ortho intramolecular Hbond substituents is 1. The van der Waals surface area contributed by atoms with Gasteiger partial charge in [0.25, 0.3) is 0 Å². The Morgan fingerprint density at radius 3 is 2.04 bits per heavy atom. The lowest BCUT2D eigenvalue weighted by atomic mass is 9.96. The summed E-state index contributed by atoms with van der Waals surface area (Å²) in [5, 5.41) is 12.5. The van der Waals surface area contributed by atoms with Gasteiger partial charge in [-0.1, -0.05) is 84.9 Å². The molecule has 0 saturated heterocycles. The Labute approximate surface area is 164 Å². The first-order valence-electron chi connectivity index (χ1n) is 8.89. The summed E-state index contributed by atoms with van der Waals surface area (Å²) in [4.78, 5) is 0.177. The van der Waals surface area contributed by atoms with Crippen LogP contribution in [0.1, 0.15) is 17.2 Å². The minimum Gasteiger partial charge on any atom is -0.507 e. The van der Waals surface area contributed by atoms with Crippen molar-refractivity contribution in [2.45, 2.75) is 10.9 Å². The minimum absolute atomic E-state index is 0.0720. The van der Waals surface area contributed by atoms with Gasteiger partial charge in [0.15, 0.2) is 0 Å². The van der Waals surface area contributed by atoms with E-state index in [1.54, 1.807) is 36.4 Å². The summed E-state index contributed by atoms with van der Waals surface area (Å²) >= 11 is 0. The van der Waals surface area contributed by atoms with Crippen LogP contribution in [0, 0.1) is 0 Å². The van der Waals surface area contributed by atoms with Gasteiger partial charge in [-0.3, -0.25) is 0 Å². The predicted octanol–water partition coefficient (Wildman–Crippen LogP) is 4.61. The molecule has 0 aromatic heterocycles. The van der Waals surface area contributed by atoms with Gasteiger partial charge < -0.3 is 5.11 Å². The van der Waals surface area contributed by atoms with Crippen molar-refractivity contribution in [2.24, 2.45) is 0 Å². The van der Waals surface area contributed by atoms with E-state index in [-0.39, 0.29) is 10.6 Å². The zero-order valence-electron chi connectivity index (χ0n) is 15.0. The Morgan fingerprint density at radius 2 is 1.32 bits per heavy atom. The standard InChI is InChI=1S/C23H19NO3S/c25-23-20-14-8-7-9-17(20)15-16-21(23)22(18-10-3-1-4-11-18)24-28(26,27)19-12-5-2-6-13-19/h1-16,22,24-25H/t22-/m0/s1. The number of aromatic hydroxyl groups is 1. The van der Waals surface area contributed by atoms with Crippen LogP contribution in [-0.2, 0) is 10.0 Å². The largest absolute Gasteiger partial charge is 0.507 e. The zero-order chi connectivity index (χ0) is 19.6. The maximum absolute atomic E-state index is 13.0. The van der Waals surface area contributed by atoms with Gasteiger partial charge in [-0.05, 0) is 23.1 Å². The highest BCUT2D eigenvalue weighted by atomic mass is 32.2. The number of benzene rings is 4. The molecule has 4 nitrogen and oxygen atoms in total. The monoisotopic (exact) mass is 389 g/mol. The van der Waals surface area contributed by atoms with Crippen LogP contribution in [0.3, 0.4) is 0 Å². The molecule has 1 atom stereocenters. The Kier molecular flexibility index (Phi) is 4.86. The van der Waals surface area contributed by atoms with E-state index in [1.807, 2.05) is 60.7 Å². The molecule has 0 aliphatic heterocycles. The molecule has 2 N–H and O–H groups in total. The molecule has 0 amide bonds. The highest BCUT2D eigenvalue weighted by molar-refractivity contribution is 7.89. The van der Waals surface area contributed by atoms with Gasteiger partial charge in [-0.15, -0.1) is 0 Å². The van der Waals surface area contributed by atoms with E-state index < -0.39 is 16.1 Å². The quantitative estimate of drug-likeness (QED) is 0.524. The van der Waals surface area contributed by atoms with E-state index >= 15 is 0 Å². The van der Waals surface area contributed by atoms with E-state index in [9.17, 15) is 13.5 Å². The molecular weight excluding hydrogens is 370 g/mol. The Morgan fingerprint density at radius 1 is 0.714 bits per heavy atom. The highest BCUT2D eigenvalue weighted by Crippen LogP contribution is 2.36. The number of fused-ring (bicyclic) bond motifs is 1. The second-order valence-corrected chi connectivity index (χ2v) is 8.22. The van der Waals surface area contributed by atoms with Crippen LogP contribution in [0.5, 0.6) is 5.75 Å². The molecule has 5 heteroatoms. The molecule has 0 unspecified atom stereocenters. The van der Waals surface area contributed by atoms with Gasteiger partial charge in [-0.25, -0.2) is 8.42 Å². The second-order valence-electron chi connectivity index (χ2n) is 6.50. The van der Waals surface area contributed by atoms with Crippen molar-refractivity contribution < 1.29 is 13.5 Å². The van der Waals surface area contributed by atoms with Gasteiger partial charge in [-0.2, -0.15) is 4.72 Å². The third kappa shape index (κ3) is 3.50. The molecule has 0 bridgehead atoms. The first kappa shape index (κ1) is 18.2. The maximum atomic E-state index is 13.0. The Hall–Kier alpha value is -3.15. The molecule has 28 heavy (non-hydrogen) atoms. The van der Waals surface area contributed by atoms with Crippen molar-refractivity contribution in [1.29, 1.82) is 0 Å². The predicted molar refractivity (Wildman–Crippen MR) is 111 cm³/mol. The molecule has 0 spiro atoms. The Bertz CT molecular complexity index is 1210. The lowest BCUT2D eigenvalue weighted by Gasteiger charge is -2.21. The summed E-state index contributed by atoms with van der Waals surface area (Å²) in [6, 6.07) is 27.9. The van der Waals surface area contributed by atoms with Crippen molar-refractivity contribution in [3.05, 3.63) is 108 Å². The summed E-state index contributed by atoms with van der Waals surface area (Å²) in [7, 11) is -3.79. The van der Waals surface area contributed by atoms with Crippen molar-refractivity contribution in [2.75, 3.05) is 0 Å². The molecule has 4 rings (SSSR count). The summed E-state index contributed by atoms with van der Waals surface area (Å²) in [6.45, 7) is 0. The third-order valence-corrected chi connectivity index (χ3v) is 6.14. The van der Waals surface area contributed by atoms with Crippen LogP contribution in [0.4, 0.5) is 0 Å². The normalized spacial score (nSPS) is 12.7. The molecule has 140 valence electrons. The van der Waals surface area contributed by atoms with Crippen molar-refractivity contribution >= 4 is 20.8 Å². The SMILES string of the molecule is O=S(=O)(N[C@@H](c1ccccc1)c1ccc2ccccc2c1O)c1ccccc1. The molecule has 0 aliphatic rings. The smallest absolute Gasteiger partial charge is 0.241 e. The van der Waals surface area contributed by atoms with E-state index in [1.165, 1.54) is 0 Å². The Balaban J connectivity index is 1.85. The fraction of sp³-hybridized carbons (Fsp3) is 0.0435. The number of hydrogen-bond acceptors (Lipinski definition) is 3. The van der Waals surface area contributed by atoms with E-state index in [0.29, 0.717) is 10.9 Å². The molecule has 0 saturated carbocycles. The summed E-state index contributed by atoms with van der Waals surface area (Å²) < 4.78 is 28.7. The first-order valence-corrected chi connectivity index (χ1v) is 10.4. The van der Waals surface area contributed by atoms with E-state index in [0.717, 1.165) is 10.9 Å². The van der Waals surface area contributed by atoms with Crippen molar-refractivity contribution in [3.63, 3.8) is 0 Å². The maximum Gasteiger partial charge on any atom is 0.241 e. The van der Waals surface area contributed by atoms with Crippen LogP contribution in [0.25, 0.3) is 10.8 Å². The lowest BCUT2D eigenvalue weighted by Crippen LogP contribution is -2.29. The van der Waals surface area contributed by atoms with Gasteiger partial charge in [0, 0.05) is 10.9 Å². The second kappa shape index (κ2) is 7.46. The molecule has 0 heterocycles. The fourth-order valence-electron chi connectivity index (χ4n) is 3.28. The average molecular weight is 389 g/mol. The summed E-state index contributed by atoms with van der Waals surface area (Å²) in [5.74, 6) is 0.0720. The molecule has 4 aromatic carbocycles. The number of phenols is 1. The van der Waals surface area contributed by atoms with Gasteiger partial charge in [0.1, 0.15) is 5.75 Å². The zero-order valence-corrected chi connectivity index (χ0v) is 15.8. The van der Waals surface area contributed by atoms with Gasteiger partial charge in [0.2, 0.25) is 10.0 Å². The van der Waals surface area contributed by atoms with E-state index in [2.05, 4.69) is 4.72 Å². The molecule has 4 aromatic rings. The summed E-state index contributed by atoms with van der Waals surface area (Å²) in [5.41, 5.74) is 1.25. The lowest BCUT2D eigenvalue weighted by molar-refractivity contribution is 0.469. The highest BCUT2D eigenvalue weighted by Gasteiger charge is 2.25. The van der Waals surface area contributed by atoms with E-state index in [4.69, 9.17) is 0 Å². The number of rotatable bonds is 5. The molecule has 0 fully saturated rings. The van der Waals surface area contributed by atoms with Gasteiger partial charge >= 0.3 is 0 Å². The van der Waals surface area contributed by atoms with Crippen LogP contribution in [-0.4, -0.2) is 13.5 Å². The third-order valence-electron chi connectivity index (χ3n) is 4.70. The first-order chi connectivity index (χ1) is 13.6.